The Kier molecular flexibility index (Phi) is 6.92. The molecule has 0 amide bonds. The van der Waals surface area contributed by atoms with E-state index in [0.29, 0.717) is 21.2 Å². The summed E-state index contributed by atoms with van der Waals surface area (Å²) in [6, 6.07) is 15.9. The number of nitrogens with zero attached hydrogens (tertiary/aromatic N) is 2. The maximum absolute atomic E-state index is 11.6. The van der Waals surface area contributed by atoms with E-state index in [9.17, 15) is 19.0 Å². The Morgan fingerprint density at radius 3 is 2.64 bits per heavy atom. The fourth-order valence-corrected chi connectivity index (χ4v) is 5.87. The van der Waals surface area contributed by atoms with E-state index in [0.717, 1.165) is 11.1 Å². The molecule has 1 aliphatic heterocycles. The van der Waals surface area contributed by atoms with Crippen molar-refractivity contribution in [2.45, 2.75) is 36.8 Å². The first-order chi connectivity index (χ1) is 15.8. The summed E-state index contributed by atoms with van der Waals surface area (Å²) in [4.78, 5) is 15.9. The molecular formula is C24H25ClN2O5S. The minimum atomic E-state index is -3.32. The minimum absolute atomic E-state index is 0.0950. The number of carboxylic acid groups (broad SMARTS) is 1. The van der Waals surface area contributed by atoms with Crippen LogP contribution in [0.25, 0.3) is 0 Å². The second kappa shape index (κ2) is 9.70. The molecule has 2 aromatic carbocycles. The van der Waals surface area contributed by atoms with Crippen LogP contribution in [0.4, 0.5) is 0 Å². The van der Waals surface area contributed by atoms with E-state index in [1.54, 1.807) is 65.2 Å². The second-order valence-corrected chi connectivity index (χ2v) is 10.4. The van der Waals surface area contributed by atoms with E-state index in [-0.39, 0.29) is 25.6 Å². The molecule has 1 aliphatic rings. The molecule has 9 heteroatoms. The highest BCUT2D eigenvalue weighted by Gasteiger charge is 2.34. The Bertz CT molecular complexity index is 1140. The van der Waals surface area contributed by atoms with Gasteiger partial charge in [-0.25, -0.2) is 0 Å². The molecule has 2 heterocycles. The van der Waals surface area contributed by atoms with Gasteiger partial charge in [-0.3, -0.25) is 18.9 Å². The zero-order chi connectivity index (χ0) is 23.6. The lowest BCUT2D eigenvalue weighted by molar-refractivity contribution is -0.137. The fourth-order valence-electron chi connectivity index (χ4n) is 4.03. The summed E-state index contributed by atoms with van der Waals surface area (Å²) in [5.74, 6) is -0.863. The lowest BCUT2D eigenvalue weighted by Crippen LogP contribution is -2.33. The van der Waals surface area contributed by atoms with Crippen LogP contribution in [0, 0.1) is 0 Å². The normalized spacial score (nSPS) is 19.6. The number of hydrogen-bond acceptors (Lipinski definition) is 6. The third-order valence-corrected chi connectivity index (χ3v) is 7.89. The largest absolute Gasteiger partial charge is 0.487 e. The number of carbonyl (C=O) groups is 1. The molecule has 0 aliphatic carbocycles. The molecular weight excluding hydrogens is 464 g/mol. The van der Waals surface area contributed by atoms with Gasteiger partial charge in [0.15, 0.2) is 0 Å². The summed E-state index contributed by atoms with van der Waals surface area (Å²) in [5.41, 5.74) is 2.28. The van der Waals surface area contributed by atoms with Gasteiger partial charge in [0.1, 0.15) is 16.7 Å². The number of hydrogen-bond donors (Lipinski definition) is 3. The lowest BCUT2D eigenvalue weighted by atomic mass is 9.88. The summed E-state index contributed by atoms with van der Waals surface area (Å²) in [5, 5.41) is 9.95. The van der Waals surface area contributed by atoms with Gasteiger partial charge in [-0.2, -0.15) is 4.31 Å². The van der Waals surface area contributed by atoms with E-state index in [2.05, 4.69) is 4.98 Å². The van der Waals surface area contributed by atoms with Gasteiger partial charge in [0, 0.05) is 29.9 Å². The van der Waals surface area contributed by atoms with Gasteiger partial charge in [0.05, 0.1) is 13.0 Å². The van der Waals surface area contributed by atoms with Crippen molar-refractivity contribution in [3.63, 3.8) is 0 Å². The number of para-hydroxylation sites is 1. The third kappa shape index (κ3) is 5.15. The molecule has 0 fully saturated rings. The first-order valence-electron chi connectivity index (χ1n) is 10.4. The van der Waals surface area contributed by atoms with Crippen molar-refractivity contribution < 1.29 is 23.7 Å². The van der Waals surface area contributed by atoms with Crippen LogP contribution in [0.1, 0.15) is 36.0 Å². The van der Waals surface area contributed by atoms with Crippen LogP contribution in [-0.4, -0.2) is 42.1 Å². The van der Waals surface area contributed by atoms with Crippen LogP contribution in [0.5, 0.6) is 5.75 Å². The maximum Gasteiger partial charge on any atom is 0.304 e. The molecule has 0 bridgehead atoms. The first-order valence-corrected chi connectivity index (χ1v) is 12.3. The van der Waals surface area contributed by atoms with Crippen molar-refractivity contribution >= 4 is 28.3 Å². The molecule has 1 aromatic heterocycles. The topological polar surface area (TPSA) is 103 Å². The van der Waals surface area contributed by atoms with Crippen molar-refractivity contribution in [1.82, 2.24) is 9.29 Å². The number of carboxylic acids is 1. The number of benzene rings is 2. The number of aromatic nitrogens is 1. The number of aliphatic carboxylic acids is 1. The molecule has 0 saturated carbocycles. The highest BCUT2D eigenvalue weighted by atomic mass is 35.5. The molecule has 4 rings (SSSR count). The molecule has 3 aromatic rings. The Morgan fingerprint density at radius 2 is 1.91 bits per heavy atom. The number of pyridine rings is 1. The SMILES string of the molecule is CC1CN(Cc2cc(C(CC(=O)O)c3ccncc3)ccc2Cl)S(O)(O)c2ccccc2O1. The quantitative estimate of drug-likeness (QED) is 0.412. The van der Waals surface area contributed by atoms with Crippen molar-refractivity contribution in [2.24, 2.45) is 0 Å². The molecule has 3 N–H and O–H groups in total. The Morgan fingerprint density at radius 1 is 1.18 bits per heavy atom. The maximum atomic E-state index is 11.6. The van der Waals surface area contributed by atoms with E-state index < -0.39 is 22.7 Å². The van der Waals surface area contributed by atoms with Crippen LogP contribution in [0.15, 0.2) is 71.9 Å². The van der Waals surface area contributed by atoms with Crippen LogP contribution in [0.2, 0.25) is 5.02 Å². The fraction of sp³-hybridized carbons (Fsp3) is 0.250. The average Bonchev–Trinajstić information content (AvgIpc) is 2.88. The molecule has 174 valence electrons. The number of rotatable bonds is 6. The highest BCUT2D eigenvalue weighted by Crippen LogP contribution is 2.57. The predicted octanol–water partition coefficient (Wildman–Crippen LogP) is 5.65. The van der Waals surface area contributed by atoms with Gasteiger partial charge >= 0.3 is 5.97 Å². The van der Waals surface area contributed by atoms with Crippen molar-refractivity contribution in [1.29, 1.82) is 0 Å². The summed E-state index contributed by atoms with van der Waals surface area (Å²) >= 11 is 6.50. The molecule has 7 nitrogen and oxygen atoms in total. The third-order valence-electron chi connectivity index (χ3n) is 5.60. The van der Waals surface area contributed by atoms with Crippen molar-refractivity contribution in [2.75, 3.05) is 6.54 Å². The van der Waals surface area contributed by atoms with Crippen LogP contribution in [-0.2, 0) is 11.3 Å². The molecule has 2 unspecified atom stereocenters. The zero-order valence-electron chi connectivity index (χ0n) is 18.0. The summed E-state index contributed by atoms with van der Waals surface area (Å²) < 4.78 is 29.8. The summed E-state index contributed by atoms with van der Waals surface area (Å²) in [6.07, 6.45) is 2.89. The van der Waals surface area contributed by atoms with Crippen molar-refractivity contribution in [3.05, 3.63) is 88.7 Å². The van der Waals surface area contributed by atoms with Gasteiger partial charge in [0.2, 0.25) is 0 Å². The first kappa shape index (κ1) is 23.5. The van der Waals surface area contributed by atoms with E-state index in [1.165, 1.54) is 0 Å². The predicted molar refractivity (Wildman–Crippen MR) is 128 cm³/mol. The Labute approximate surface area is 199 Å². The van der Waals surface area contributed by atoms with Gasteiger partial charge in [0.25, 0.3) is 0 Å². The highest BCUT2D eigenvalue weighted by molar-refractivity contribution is 8.22. The van der Waals surface area contributed by atoms with Crippen LogP contribution >= 0.6 is 22.4 Å². The number of fused-ring (bicyclic) bond motifs is 1. The van der Waals surface area contributed by atoms with E-state index in [1.807, 2.05) is 13.0 Å². The molecule has 2 atom stereocenters. The molecule has 0 spiro atoms. The van der Waals surface area contributed by atoms with Gasteiger partial charge in [-0.05, 0) is 53.9 Å². The van der Waals surface area contributed by atoms with Gasteiger partial charge < -0.3 is 9.84 Å². The van der Waals surface area contributed by atoms with Crippen molar-refractivity contribution in [3.8, 4) is 5.75 Å². The summed E-state index contributed by atoms with van der Waals surface area (Å²) in [6.45, 7) is 2.31. The van der Waals surface area contributed by atoms with Crippen LogP contribution in [0.3, 0.4) is 0 Å². The van der Waals surface area contributed by atoms with Gasteiger partial charge in [-0.1, -0.05) is 35.9 Å². The molecule has 33 heavy (non-hydrogen) atoms. The second-order valence-electron chi connectivity index (χ2n) is 8.00. The van der Waals surface area contributed by atoms with Gasteiger partial charge in [-0.15, -0.1) is 10.8 Å². The van der Waals surface area contributed by atoms with E-state index >= 15 is 0 Å². The van der Waals surface area contributed by atoms with Crippen LogP contribution < -0.4 is 4.74 Å². The lowest BCUT2D eigenvalue weighted by Gasteiger charge is -2.41. The standard InChI is InChI=1S/C24H25ClN2O5S/c1-16-14-27(33(30,31)23-5-3-2-4-22(23)32-16)15-19-12-18(6-7-21(19)25)20(13-24(28)29)17-8-10-26-11-9-17/h2-12,16,20,30-31H,13-15H2,1H3,(H,28,29). The molecule has 0 saturated heterocycles. The average molecular weight is 489 g/mol. The minimum Gasteiger partial charge on any atom is -0.487 e. The monoisotopic (exact) mass is 488 g/mol. The Balaban J connectivity index is 1.70. The number of ether oxygens (including phenoxy) is 1. The number of halogens is 1. The zero-order valence-corrected chi connectivity index (χ0v) is 19.5. The smallest absolute Gasteiger partial charge is 0.304 e. The molecule has 0 radical (unpaired) electrons. The summed E-state index contributed by atoms with van der Waals surface area (Å²) in [7, 11) is -3.32. The van der Waals surface area contributed by atoms with E-state index in [4.69, 9.17) is 16.3 Å². The Hall–Kier alpha value is -2.62.